The number of aromatic nitrogens is 4. The highest BCUT2D eigenvalue weighted by Crippen LogP contribution is 2.35. The predicted octanol–water partition coefficient (Wildman–Crippen LogP) is 4.87. The first-order chi connectivity index (χ1) is 23.0. The Hall–Kier alpha value is -5.15. The molecule has 5 heterocycles. The van der Waals surface area contributed by atoms with Crippen LogP contribution < -0.4 is 10.6 Å². The van der Waals surface area contributed by atoms with Gasteiger partial charge in [-0.1, -0.05) is 0 Å². The number of pyridine rings is 2. The third kappa shape index (κ3) is 9.01. The quantitative estimate of drug-likeness (QED) is 0.249. The molecule has 0 radical (unpaired) electrons. The molecule has 14 nitrogen and oxygen atoms in total. The molecule has 0 saturated carbocycles. The van der Waals surface area contributed by atoms with Gasteiger partial charge in [-0.05, 0) is 69.4 Å². The molecule has 2 saturated heterocycles. The van der Waals surface area contributed by atoms with Gasteiger partial charge in [0.15, 0.2) is 0 Å². The fourth-order valence-electron chi connectivity index (χ4n) is 5.17. The Morgan fingerprint density at radius 3 is 2.33 bits per heavy atom. The largest absolute Gasteiger partial charge is 0.474 e. The Balaban J connectivity index is 0.000000677. The van der Waals surface area contributed by atoms with E-state index in [4.69, 9.17) is 14.2 Å². The molecule has 0 atom stereocenters. The first-order valence-electron chi connectivity index (χ1n) is 15.5. The zero-order valence-electron chi connectivity index (χ0n) is 26.9. The maximum atomic E-state index is 14.9. The van der Waals surface area contributed by atoms with Gasteiger partial charge in [0.25, 0.3) is 0 Å². The number of nitrogens with zero attached hydrogens (tertiary/aromatic N) is 5. The van der Waals surface area contributed by atoms with Crippen molar-refractivity contribution in [2.24, 2.45) is 0 Å². The normalized spacial score (nSPS) is 15.3. The number of carbonyl (C=O) groups is 3. The number of hydrogen-bond acceptors (Lipinski definition) is 10. The van der Waals surface area contributed by atoms with E-state index in [0.717, 1.165) is 26.4 Å². The van der Waals surface area contributed by atoms with Gasteiger partial charge in [0.2, 0.25) is 0 Å². The SMILES string of the molecule is C1COCCO1.CC(C)(C)OC(=O)N1CCC(c2cc3cnc(Nc4ccc(-n5cccn5)cc4F)cc3nc2NC(=O)C(=O)O)CC1. The summed E-state index contributed by atoms with van der Waals surface area (Å²) < 4.78 is 31.8. The number of rotatable bonds is 5. The molecule has 48 heavy (non-hydrogen) atoms. The van der Waals surface area contributed by atoms with E-state index in [1.807, 2.05) is 6.07 Å². The molecule has 1 aromatic carbocycles. The Bertz CT molecular complexity index is 1740. The van der Waals surface area contributed by atoms with Gasteiger partial charge in [-0.25, -0.2) is 28.6 Å². The predicted molar refractivity (Wildman–Crippen MR) is 174 cm³/mol. The second-order valence-corrected chi connectivity index (χ2v) is 12.2. The molecule has 2 amide bonds. The minimum Gasteiger partial charge on any atom is -0.474 e. The van der Waals surface area contributed by atoms with Crippen LogP contribution in [0.5, 0.6) is 0 Å². The lowest BCUT2D eigenvalue weighted by atomic mass is 9.89. The van der Waals surface area contributed by atoms with E-state index >= 15 is 0 Å². The molecule has 2 fully saturated rings. The summed E-state index contributed by atoms with van der Waals surface area (Å²) in [5, 5.41) is 19.3. The van der Waals surface area contributed by atoms with Crippen LogP contribution in [0.1, 0.15) is 45.1 Å². The summed E-state index contributed by atoms with van der Waals surface area (Å²) in [6.07, 6.45) is 5.60. The molecular formula is C33H38FN7O7. The van der Waals surface area contributed by atoms with Crippen LogP contribution in [0.25, 0.3) is 16.6 Å². The number of nitrogens with one attached hydrogen (secondary N) is 2. The van der Waals surface area contributed by atoms with Gasteiger partial charge >= 0.3 is 18.0 Å². The number of likely N-dealkylation sites (tertiary alicyclic amines) is 1. The van der Waals surface area contributed by atoms with Gasteiger partial charge < -0.3 is 34.9 Å². The topological polar surface area (TPSA) is 170 Å². The van der Waals surface area contributed by atoms with Crippen LogP contribution in [0.4, 0.5) is 26.5 Å². The highest BCUT2D eigenvalue weighted by atomic mass is 19.1. The van der Waals surface area contributed by atoms with Crippen LogP contribution in [-0.2, 0) is 23.8 Å². The smallest absolute Gasteiger partial charge is 0.410 e. The van der Waals surface area contributed by atoms with E-state index in [0.29, 0.717) is 53.9 Å². The number of aliphatic carboxylic acids is 1. The summed E-state index contributed by atoms with van der Waals surface area (Å²) in [6.45, 7) is 9.38. The molecule has 3 aromatic heterocycles. The summed E-state index contributed by atoms with van der Waals surface area (Å²) in [6, 6.07) is 9.75. The number of amides is 2. The standard InChI is InChI=1S/C29H30FN7O5.C4H8O2/c1-29(2,3)42-28(41)36-11-7-17(8-12-36)20-13-18-16-31-24(15-23(18)34-25(20)35-26(38)27(39)40)33-22-6-5-19(14-21(22)30)37-10-4-9-32-37;1-2-6-4-3-5-1/h4-6,9-10,13-17H,7-8,11-12H2,1-3H3,(H,31,33)(H,39,40)(H,34,35,38);1-4H2. The molecule has 0 unspecified atom stereocenters. The summed E-state index contributed by atoms with van der Waals surface area (Å²) in [4.78, 5) is 46.5. The molecular weight excluding hydrogens is 625 g/mol. The highest BCUT2D eigenvalue weighted by Gasteiger charge is 2.30. The van der Waals surface area contributed by atoms with Gasteiger partial charge in [-0.3, -0.25) is 4.79 Å². The third-order valence-corrected chi connectivity index (χ3v) is 7.47. The van der Waals surface area contributed by atoms with E-state index in [2.05, 4.69) is 25.7 Å². The monoisotopic (exact) mass is 663 g/mol. The van der Waals surface area contributed by atoms with Crippen molar-refractivity contribution >= 4 is 46.2 Å². The van der Waals surface area contributed by atoms with Crippen molar-refractivity contribution in [2.75, 3.05) is 50.2 Å². The number of anilines is 3. The third-order valence-electron chi connectivity index (χ3n) is 7.47. The van der Waals surface area contributed by atoms with Crippen molar-refractivity contribution in [3.63, 3.8) is 0 Å². The number of carbonyl (C=O) groups excluding carboxylic acids is 2. The van der Waals surface area contributed by atoms with Crippen LogP contribution >= 0.6 is 0 Å². The minimum atomic E-state index is -1.64. The lowest BCUT2D eigenvalue weighted by Crippen LogP contribution is -2.41. The summed E-state index contributed by atoms with van der Waals surface area (Å²) in [5.74, 6) is -3.08. The van der Waals surface area contributed by atoms with Crippen LogP contribution in [0.15, 0.2) is 55.0 Å². The number of fused-ring (bicyclic) bond motifs is 1. The van der Waals surface area contributed by atoms with Crippen molar-refractivity contribution in [1.29, 1.82) is 0 Å². The first kappa shape index (κ1) is 34.2. The average Bonchev–Trinajstić information content (AvgIpc) is 3.61. The number of benzene rings is 1. The molecule has 2 aliphatic rings. The Labute approximate surface area is 276 Å². The van der Waals surface area contributed by atoms with E-state index < -0.39 is 29.4 Å². The Morgan fingerprint density at radius 2 is 1.75 bits per heavy atom. The lowest BCUT2D eigenvalue weighted by Gasteiger charge is -2.34. The van der Waals surface area contributed by atoms with E-state index in [1.165, 1.54) is 10.7 Å². The second kappa shape index (κ2) is 15.2. The molecule has 15 heteroatoms. The summed E-state index contributed by atoms with van der Waals surface area (Å²) in [7, 11) is 0. The van der Waals surface area contributed by atoms with E-state index in [-0.39, 0.29) is 17.4 Å². The molecule has 4 aromatic rings. The Morgan fingerprint density at radius 1 is 1.04 bits per heavy atom. The maximum absolute atomic E-state index is 14.9. The van der Waals surface area contributed by atoms with Gasteiger partial charge in [-0.15, -0.1) is 0 Å². The highest BCUT2D eigenvalue weighted by molar-refractivity contribution is 6.36. The number of halogens is 1. The molecule has 254 valence electrons. The van der Waals surface area contributed by atoms with Crippen molar-refractivity contribution in [2.45, 2.75) is 45.1 Å². The molecule has 2 aliphatic heterocycles. The van der Waals surface area contributed by atoms with E-state index in [9.17, 15) is 23.9 Å². The van der Waals surface area contributed by atoms with Crippen molar-refractivity contribution in [3.05, 3.63) is 66.4 Å². The van der Waals surface area contributed by atoms with Gasteiger partial charge in [0.05, 0.1) is 43.3 Å². The fraction of sp³-hybridized carbons (Fsp3) is 0.394. The average molecular weight is 664 g/mol. The molecule has 6 rings (SSSR count). The number of hydrogen-bond donors (Lipinski definition) is 3. The Kier molecular flexibility index (Phi) is 10.8. The van der Waals surface area contributed by atoms with Crippen LogP contribution in [-0.4, -0.2) is 92.8 Å². The molecule has 0 spiro atoms. The van der Waals surface area contributed by atoms with Gasteiger partial charge in [-0.2, -0.15) is 5.10 Å². The molecule has 0 aliphatic carbocycles. The fourth-order valence-corrected chi connectivity index (χ4v) is 5.17. The van der Waals surface area contributed by atoms with Gasteiger partial charge in [0, 0.05) is 49.2 Å². The molecule has 3 N–H and O–H groups in total. The number of ether oxygens (including phenoxy) is 3. The maximum Gasteiger partial charge on any atom is 0.410 e. The van der Waals surface area contributed by atoms with Crippen molar-refractivity contribution < 1.29 is 38.1 Å². The summed E-state index contributed by atoms with van der Waals surface area (Å²) >= 11 is 0. The minimum absolute atomic E-state index is 0.107. The number of piperidine rings is 1. The van der Waals surface area contributed by atoms with Crippen molar-refractivity contribution in [3.8, 4) is 5.69 Å². The van der Waals surface area contributed by atoms with Crippen molar-refractivity contribution in [1.82, 2.24) is 24.6 Å². The van der Waals surface area contributed by atoms with Crippen LogP contribution in [0, 0.1) is 5.82 Å². The lowest BCUT2D eigenvalue weighted by molar-refractivity contribution is -0.147. The number of carboxylic acids is 1. The first-order valence-corrected chi connectivity index (χ1v) is 15.5. The van der Waals surface area contributed by atoms with Gasteiger partial charge in [0.1, 0.15) is 23.1 Å². The summed E-state index contributed by atoms with van der Waals surface area (Å²) in [5.41, 5.74) is 1.19. The van der Waals surface area contributed by atoms with Crippen LogP contribution in [0.3, 0.4) is 0 Å². The number of carboxylic acid groups (broad SMARTS) is 1. The second-order valence-electron chi connectivity index (χ2n) is 12.2. The zero-order chi connectivity index (χ0) is 34.3. The van der Waals surface area contributed by atoms with E-state index in [1.54, 1.807) is 68.5 Å². The zero-order valence-corrected chi connectivity index (χ0v) is 26.9. The molecule has 0 bridgehead atoms. The van der Waals surface area contributed by atoms with Crippen LogP contribution in [0.2, 0.25) is 0 Å².